The van der Waals surface area contributed by atoms with E-state index < -0.39 is 6.04 Å². The van der Waals surface area contributed by atoms with Crippen LogP contribution >= 0.6 is 11.6 Å². The first-order valence-electron chi connectivity index (χ1n) is 6.87. The molecule has 1 aromatic carbocycles. The minimum absolute atomic E-state index is 0.187. The van der Waals surface area contributed by atoms with Crippen LogP contribution < -0.4 is 5.32 Å². The Morgan fingerprint density at radius 3 is 2.77 bits per heavy atom. The Balaban J connectivity index is 2.01. The molecule has 0 saturated heterocycles. The van der Waals surface area contributed by atoms with Crippen molar-refractivity contribution in [3.63, 3.8) is 0 Å². The number of likely N-dealkylation sites (N-methyl/N-ethyl adjacent to an activating group) is 1. The summed E-state index contributed by atoms with van der Waals surface area (Å²) in [4.78, 5) is 18.0. The number of hydrogen-bond acceptors (Lipinski definition) is 4. The Hall–Kier alpha value is -2.11. The number of para-hydroxylation sites is 1. The monoisotopic (exact) mass is 319 g/mol. The fourth-order valence-electron chi connectivity index (χ4n) is 1.97. The lowest BCUT2D eigenvalue weighted by Gasteiger charge is -2.24. The van der Waals surface area contributed by atoms with Gasteiger partial charge in [-0.1, -0.05) is 29.8 Å². The summed E-state index contributed by atoms with van der Waals surface area (Å²) in [5.74, 6) is 0.0325. The maximum absolute atomic E-state index is 12.3. The van der Waals surface area contributed by atoms with E-state index in [1.165, 1.54) is 0 Å². The zero-order chi connectivity index (χ0) is 16.1. The van der Waals surface area contributed by atoms with Crippen molar-refractivity contribution in [2.45, 2.75) is 19.5 Å². The molecule has 0 radical (unpaired) electrons. The van der Waals surface area contributed by atoms with Gasteiger partial charge in [0.05, 0.1) is 11.7 Å². The van der Waals surface area contributed by atoms with Crippen molar-refractivity contribution in [3.05, 3.63) is 53.3 Å². The lowest BCUT2D eigenvalue weighted by atomic mass is 10.1. The highest BCUT2D eigenvalue weighted by atomic mass is 35.5. The van der Waals surface area contributed by atoms with Gasteiger partial charge >= 0.3 is 0 Å². The van der Waals surface area contributed by atoms with Gasteiger partial charge in [-0.25, -0.2) is 4.98 Å². The molecule has 2 N–H and O–H groups in total. The van der Waals surface area contributed by atoms with Gasteiger partial charge in [-0.2, -0.15) is 0 Å². The molecule has 1 atom stereocenters. The Morgan fingerprint density at radius 2 is 2.09 bits per heavy atom. The third-order valence-corrected chi connectivity index (χ3v) is 3.77. The highest BCUT2D eigenvalue weighted by Gasteiger charge is 2.20. The molecule has 0 spiro atoms. The fraction of sp³-hybridized carbons (Fsp3) is 0.250. The number of amides is 1. The SMILES string of the molecule is C[C@@H](C(=O)Nc1cccnc1Cl)N(C)Cc1ccccc1O. The summed E-state index contributed by atoms with van der Waals surface area (Å²) in [7, 11) is 1.82. The van der Waals surface area contributed by atoms with Gasteiger partial charge in [-0.3, -0.25) is 9.69 Å². The highest BCUT2D eigenvalue weighted by Crippen LogP contribution is 2.20. The highest BCUT2D eigenvalue weighted by molar-refractivity contribution is 6.32. The van der Waals surface area contributed by atoms with E-state index in [4.69, 9.17) is 11.6 Å². The van der Waals surface area contributed by atoms with Crippen LogP contribution in [0.3, 0.4) is 0 Å². The molecule has 0 unspecified atom stereocenters. The van der Waals surface area contributed by atoms with Crippen molar-refractivity contribution >= 4 is 23.2 Å². The third-order valence-electron chi connectivity index (χ3n) is 3.47. The fourth-order valence-corrected chi connectivity index (χ4v) is 2.13. The second-order valence-electron chi connectivity index (χ2n) is 5.05. The summed E-state index contributed by atoms with van der Waals surface area (Å²) in [6, 6.07) is 10.1. The van der Waals surface area contributed by atoms with E-state index >= 15 is 0 Å². The average molecular weight is 320 g/mol. The summed E-state index contributed by atoms with van der Waals surface area (Å²) in [6.07, 6.45) is 1.56. The molecule has 1 aromatic heterocycles. The molecule has 5 nitrogen and oxygen atoms in total. The topological polar surface area (TPSA) is 65.5 Å². The van der Waals surface area contributed by atoms with Crippen molar-refractivity contribution in [1.82, 2.24) is 9.88 Å². The maximum atomic E-state index is 12.3. The number of pyridine rings is 1. The summed E-state index contributed by atoms with van der Waals surface area (Å²) in [6.45, 7) is 2.25. The minimum Gasteiger partial charge on any atom is -0.508 e. The number of aromatic nitrogens is 1. The van der Waals surface area contributed by atoms with Gasteiger partial charge in [0.2, 0.25) is 5.91 Å². The van der Waals surface area contributed by atoms with Gasteiger partial charge in [0.25, 0.3) is 0 Å². The van der Waals surface area contributed by atoms with E-state index in [2.05, 4.69) is 10.3 Å². The van der Waals surface area contributed by atoms with Crippen LogP contribution in [0.2, 0.25) is 5.15 Å². The van der Waals surface area contributed by atoms with Crippen LogP contribution in [-0.2, 0) is 11.3 Å². The van der Waals surface area contributed by atoms with E-state index in [0.29, 0.717) is 12.2 Å². The minimum atomic E-state index is -0.393. The lowest BCUT2D eigenvalue weighted by molar-refractivity contribution is -0.120. The summed E-state index contributed by atoms with van der Waals surface area (Å²) >= 11 is 5.93. The quantitative estimate of drug-likeness (QED) is 0.832. The number of phenolic OH excluding ortho intramolecular Hbond substituents is 1. The number of carbonyl (C=O) groups excluding carboxylic acids is 1. The van der Waals surface area contributed by atoms with Crippen LogP contribution in [0.25, 0.3) is 0 Å². The number of phenols is 1. The normalized spacial score (nSPS) is 12.2. The zero-order valence-electron chi connectivity index (χ0n) is 12.5. The van der Waals surface area contributed by atoms with Gasteiger partial charge in [-0.15, -0.1) is 0 Å². The van der Waals surface area contributed by atoms with E-state index in [0.717, 1.165) is 5.56 Å². The van der Waals surface area contributed by atoms with Crippen LogP contribution in [0.15, 0.2) is 42.6 Å². The van der Waals surface area contributed by atoms with Gasteiger partial charge in [0.1, 0.15) is 5.75 Å². The molecule has 0 bridgehead atoms. The molecular weight excluding hydrogens is 302 g/mol. The number of carbonyl (C=O) groups is 1. The van der Waals surface area contributed by atoms with Crippen molar-refractivity contribution in [2.75, 3.05) is 12.4 Å². The zero-order valence-corrected chi connectivity index (χ0v) is 13.2. The van der Waals surface area contributed by atoms with Crippen molar-refractivity contribution < 1.29 is 9.90 Å². The molecule has 0 aliphatic heterocycles. The first-order valence-corrected chi connectivity index (χ1v) is 7.25. The molecule has 22 heavy (non-hydrogen) atoms. The van der Waals surface area contributed by atoms with Gasteiger partial charge in [0, 0.05) is 18.3 Å². The smallest absolute Gasteiger partial charge is 0.241 e. The molecular formula is C16H18ClN3O2. The Bertz CT molecular complexity index is 663. The number of hydrogen-bond donors (Lipinski definition) is 2. The molecule has 0 fully saturated rings. The summed E-state index contributed by atoms with van der Waals surface area (Å²) < 4.78 is 0. The number of halogens is 1. The maximum Gasteiger partial charge on any atom is 0.241 e. The Kier molecular flexibility index (Phi) is 5.35. The first kappa shape index (κ1) is 16.3. The molecule has 0 aliphatic rings. The average Bonchev–Trinajstić information content (AvgIpc) is 2.51. The standard InChI is InChI=1S/C16H18ClN3O2/c1-11(16(22)19-13-7-5-9-18-15(13)17)20(2)10-12-6-3-4-8-14(12)21/h3-9,11,21H,10H2,1-2H3,(H,19,22)/t11-/m0/s1. The van der Waals surface area contributed by atoms with Gasteiger partial charge in [0.15, 0.2) is 5.15 Å². The second-order valence-corrected chi connectivity index (χ2v) is 5.41. The number of anilines is 1. The largest absolute Gasteiger partial charge is 0.508 e. The van der Waals surface area contributed by atoms with Crippen molar-refractivity contribution in [3.8, 4) is 5.75 Å². The number of nitrogens with zero attached hydrogens (tertiary/aromatic N) is 2. The molecule has 2 aromatic rings. The van der Waals surface area contributed by atoms with Crippen molar-refractivity contribution in [1.29, 1.82) is 0 Å². The Labute approximate surface area is 134 Å². The summed E-state index contributed by atoms with van der Waals surface area (Å²) in [5.41, 5.74) is 1.25. The molecule has 0 saturated carbocycles. The molecule has 116 valence electrons. The predicted molar refractivity (Wildman–Crippen MR) is 86.9 cm³/mol. The molecule has 0 aliphatic carbocycles. The van der Waals surface area contributed by atoms with E-state index in [9.17, 15) is 9.90 Å². The second kappa shape index (κ2) is 7.24. The van der Waals surface area contributed by atoms with E-state index in [1.54, 1.807) is 37.4 Å². The predicted octanol–water partition coefficient (Wildman–Crippen LogP) is 2.90. The van der Waals surface area contributed by atoms with Crippen LogP contribution in [-0.4, -0.2) is 34.0 Å². The van der Waals surface area contributed by atoms with Crippen LogP contribution in [0.5, 0.6) is 5.75 Å². The van der Waals surface area contributed by atoms with E-state index in [1.807, 2.05) is 24.1 Å². The van der Waals surface area contributed by atoms with Crippen molar-refractivity contribution in [2.24, 2.45) is 0 Å². The number of benzene rings is 1. The van der Waals surface area contributed by atoms with E-state index in [-0.39, 0.29) is 16.8 Å². The molecule has 1 heterocycles. The number of aromatic hydroxyl groups is 1. The van der Waals surface area contributed by atoms with Crippen LogP contribution in [0.4, 0.5) is 5.69 Å². The van der Waals surface area contributed by atoms with Crippen LogP contribution in [0.1, 0.15) is 12.5 Å². The lowest BCUT2D eigenvalue weighted by Crippen LogP contribution is -2.39. The molecule has 2 rings (SSSR count). The van der Waals surface area contributed by atoms with Gasteiger partial charge in [-0.05, 0) is 32.2 Å². The summed E-state index contributed by atoms with van der Waals surface area (Å²) in [5, 5.41) is 12.8. The number of rotatable bonds is 5. The molecule has 6 heteroatoms. The number of nitrogens with one attached hydrogen (secondary N) is 1. The molecule has 1 amide bonds. The first-order chi connectivity index (χ1) is 10.5. The van der Waals surface area contributed by atoms with Crippen LogP contribution in [0, 0.1) is 0 Å². The third kappa shape index (κ3) is 3.96. The Morgan fingerprint density at radius 1 is 1.36 bits per heavy atom. The van der Waals surface area contributed by atoms with Gasteiger partial charge < -0.3 is 10.4 Å².